The van der Waals surface area contributed by atoms with Gasteiger partial charge in [0.25, 0.3) is 15.9 Å². The molecule has 0 aliphatic carbocycles. The fourth-order valence-electron chi connectivity index (χ4n) is 2.83. The molecule has 0 saturated carbocycles. The fourth-order valence-corrected chi connectivity index (χ4v) is 5.44. The lowest BCUT2D eigenvalue weighted by molar-refractivity contribution is 0.102. The summed E-state index contributed by atoms with van der Waals surface area (Å²) in [6.45, 7) is 1.99. The molecule has 0 aromatic heterocycles. The Morgan fingerprint density at radius 1 is 1.03 bits per heavy atom. The molecule has 0 spiro atoms. The highest BCUT2D eigenvalue weighted by Crippen LogP contribution is 2.30. The Kier molecular flexibility index (Phi) is 6.81. The Hall–Kier alpha value is -2.10. The van der Waals surface area contributed by atoms with E-state index in [1.807, 2.05) is 18.2 Å². The smallest absolute Gasteiger partial charge is 0.265 e. The molecule has 150 valence electrons. The number of hydrogen-bond acceptors (Lipinski definition) is 3. The van der Waals surface area contributed by atoms with E-state index in [-0.39, 0.29) is 22.4 Å². The van der Waals surface area contributed by atoms with E-state index >= 15 is 0 Å². The summed E-state index contributed by atoms with van der Waals surface area (Å²) in [7, 11) is -3.92. The van der Waals surface area contributed by atoms with E-state index in [1.165, 1.54) is 16.4 Å². The molecule has 29 heavy (non-hydrogen) atoms. The quantitative estimate of drug-likeness (QED) is 0.425. The van der Waals surface area contributed by atoms with Gasteiger partial charge in [-0.3, -0.25) is 9.10 Å². The molecule has 3 aromatic rings. The minimum absolute atomic E-state index is 0.0644. The topological polar surface area (TPSA) is 66.5 Å². The minimum atomic E-state index is -3.92. The highest BCUT2D eigenvalue weighted by Gasteiger charge is 2.26. The van der Waals surface area contributed by atoms with Crippen molar-refractivity contribution in [2.45, 2.75) is 11.8 Å². The summed E-state index contributed by atoms with van der Waals surface area (Å²) in [4.78, 5) is 12.5. The molecule has 3 aromatic carbocycles. The van der Waals surface area contributed by atoms with Crippen LogP contribution in [0.5, 0.6) is 0 Å². The third kappa shape index (κ3) is 4.73. The van der Waals surface area contributed by atoms with Crippen LogP contribution in [0.4, 0.5) is 11.4 Å². The van der Waals surface area contributed by atoms with Crippen LogP contribution in [0.1, 0.15) is 17.3 Å². The molecule has 0 fully saturated rings. The number of sulfonamides is 1. The molecule has 0 heterocycles. The van der Waals surface area contributed by atoms with Crippen molar-refractivity contribution in [3.8, 4) is 0 Å². The van der Waals surface area contributed by atoms with E-state index < -0.39 is 10.0 Å². The summed E-state index contributed by atoms with van der Waals surface area (Å²) in [6, 6.07) is 20.4. The Labute approximate surface area is 188 Å². The van der Waals surface area contributed by atoms with Crippen LogP contribution in [-0.2, 0) is 10.0 Å². The third-order valence-electron chi connectivity index (χ3n) is 4.21. The van der Waals surface area contributed by atoms with Crippen molar-refractivity contribution in [3.63, 3.8) is 0 Å². The van der Waals surface area contributed by atoms with Crippen LogP contribution < -0.4 is 9.62 Å². The van der Waals surface area contributed by atoms with Gasteiger partial charge in [-0.1, -0.05) is 41.9 Å². The molecule has 8 heteroatoms. The summed E-state index contributed by atoms with van der Waals surface area (Å²) in [5.41, 5.74) is 1.40. The number of benzene rings is 3. The number of carbonyl (C=O) groups excluding carboxylic acids is 1. The zero-order chi connectivity index (χ0) is 21.0. The molecule has 0 radical (unpaired) electrons. The summed E-state index contributed by atoms with van der Waals surface area (Å²) in [5.74, 6) is -0.323. The lowest BCUT2D eigenvalue weighted by atomic mass is 10.2. The normalized spacial score (nSPS) is 11.1. The largest absolute Gasteiger partial charge is 0.322 e. The predicted molar refractivity (Wildman–Crippen MR) is 125 cm³/mol. The summed E-state index contributed by atoms with van der Waals surface area (Å²) < 4.78 is 28.6. The van der Waals surface area contributed by atoms with E-state index in [2.05, 4.69) is 27.9 Å². The molecular formula is C21H18ClIN2O3S. The van der Waals surface area contributed by atoms with Gasteiger partial charge in [0.05, 0.1) is 16.3 Å². The van der Waals surface area contributed by atoms with Crippen molar-refractivity contribution < 1.29 is 13.2 Å². The summed E-state index contributed by atoms with van der Waals surface area (Å²) in [5, 5.41) is 2.84. The number of para-hydroxylation sites is 1. The molecule has 1 N–H and O–H groups in total. The van der Waals surface area contributed by atoms with Crippen LogP contribution in [0.3, 0.4) is 0 Å². The average molecular weight is 541 g/mol. The second-order valence-corrected chi connectivity index (χ2v) is 9.48. The Bertz CT molecular complexity index is 1140. The van der Waals surface area contributed by atoms with E-state index in [4.69, 9.17) is 11.6 Å². The van der Waals surface area contributed by atoms with Gasteiger partial charge in [-0.25, -0.2) is 8.42 Å². The van der Waals surface area contributed by atoms with E-state index in [0.29, 0.717) is 16.9 Å². The molecule has 0 bridgehead atoms. The van der Waals surface area contributed by atoms with Crippen molar-refractivity contribution >= 4 is 61.5 Å². The van der Waals surface area contributed by atoms with Gasteiger partial charge in [-0.05, 0) is 72.0 Å². The van der Waals surface area contributed by atoms with Crippen LogP contribution in [0.2, 0.25) is 5.02 Å². The van der Waals surface area contributed by atoms with Crippen LogP contribution in [-0.4, -0.2) is 20.9 Å². The van der Waals surface area contributed by atoms with Gasteiger partial charge in [-0.15, -0.1) is 0 Å². The Morgan fingerprint density at radius 2 is 1.69 bits per heavy atom. The molecule has 5 nitrogen and oxygen atoms in total. The number of amides is 1. The lowest BCUT2D eigenvalue weighted by Crippen LogP contribution is -2.31. The maximum Gasteiger partial charge on any atom is 0.265 e. The molecule has 0 atom stereocenters. The predicted octanol–water partition coefficient (Wildman–Crippen LogP) is 5.41. The first-order valence-electron chi connectivity index (χ1n) is 8.78. The molecule has 0 aliphatic rings. The number of hydrogen-bond donors (Lipinski definition) is 1. The van der Waals surface area contributed by atoms with Gasteiger partial charge in [-0.2, -0.15) is 0 Å². The first-order valence-corrected chi connectivity index (χ1v) is 11.7. The minimum Gasteiger partial charge on any atom is -0.322 e. The molecule has 1 amide bonds. The number of anilines is 2. The molecule has 3 rings (SSSR count). The van der Waals surface area contributed by atoms with E-state index in [9.17, 15) is 13.2 Å². The number of carbonyl (C=O) groups is 1. The summed E-state index contributed by atoms with van der Waals surface area (Å²) in [6.07, 6.45) is 0. The standard InChI is InChI=1S/C21H18ClIN2O3S/c1-2-25(16-8-4-3-5-9-16)29(27,28)20-14-15(12-13-18(20)22)24-21(26)17-10-6-7-11-19(17)23/h3-14H,2H2,1H3,(H,24,26). The first-order chi connectivity index (χ1) is 13.8. The highest BCUT2D eigenvalue weighted by molar-refractivity contribution is 14.1. The number of nitrogens with one attached hydrogen (secondary N) is 1. The number of halogens is 2. The first kappa shape index (κ1) is 21.6. The second kappa shape index (κ2) is 9.15. The third-order valence-corrected chi connectivity index (χ3v) is 7.53. The van der Waals surface area contributed by atoms with Crippen molar-refractivity contribution in [3.05, 3.63) is 87.0 Å². The van der Waals surface area contributed by atoms with Gasteiger partial charge in [0, 0.05) is 15.8 Å². The zero-order valence-electron chi connectivity index (χ0n) is 15.5. The number of rotatable bonds is 6. The average Bonchev–Trinajstić information content (AvgIpc) is 2.70. The molecule has 0 saturated heterocycles. The maximum absolute atomic E-state index is 13.3. The van der Waals surface area contributed by atoms with Crippen molar-refractivity contribution in [2.75, 3.05) is 16.2 Å². The molecular weight excluding hydrogens is 523 g/mol. The second-order valence-electron chi connectivity index (χ2n) is 6.08. The van der Waals surface area contributed by atoms with Crippen LogP contribution >= 0.6 is 34.2 Å². The van der Waals surface area contributed by atoms with Crippen LogP contribution in [0, 0.1) is 3.57 Å². The monoisotopic (exact) mass is 540 g/mol. The van der Waals surface area contributed by atoms with Crippen molar-refractivity contribution in [2.24, 2.45) is 0 Å². The molecule has 0 aliphatic heterocycles. The van der Waals surface area contributed by atoms with Crippen molar-refractivity contribution in [1.29, 1.82) is 0 Å². The highest BCUT2D eigenvalue weighted by atomic mass is 127. The van der Waals surface area contributed by atoms with Crippen LogP contribution in [0.25, 0.3) is 0 Å². The Morgan fingerprint density at radius 3 is 2.34 bits per heavy atom. The fraction of sp³-hybridized carbons (Fsp3) is 0.0952. The zero-order valence-corrected chi connectivity index (χ0v) is 19.2. The van der Waals surface area contributed by atoms with Gasteiger partial charge >= 0.3 is 0 Å². The van der Waals surface area contributed by atoms with E-state index in [1.54, 1.807) is 49.4 Å². The van der Waals surface area contributed by atoms with Gasteiger partial charge in [0.15, 0.2) is 0 Å². The summed E-state index contributed by atoms with van der Waals surface area (Å²) >= 11 is 8.31. The van der Waals surface area contributed by atoms with Gasteiger partial charge in [0.2, 0.25) is 0 Å². The number of nitrogens with zero attached hydrogens (tertiary/aromatic N) is 1. The molecule has 0 unspecified atom stereocenters. The SMILES string of the molecule is CCN(c1ccccc1)S(=O)(=O)c1cc(NC(=O)c2ccccc2I)ccc1Cl. The van der Waals surface area contributed by atoms with Crippen LogP contribution in [0.15, 0.2) is 77.7 Å². The lowest BCUT2D eigenvalue weighted by Gasteiger charge is -2.23. The van der Waals surface area contributed by atoms with E-state index in [0.717, 1.165) is 3.57 Å². The van der Waals surface area contributed by atoms with Gasteiger partial charge < -0.3 is 5.32 Å². The van der Waals surface area contributed by atoms with Crippen molar-refractivity contribution in [1.82, 2.24) is 0 Å². The Balaban J connectivity index is 1.96. The van der Waals surface area contributed by atoms with Gasteiger partial charge in [0.1, 0.15) is 4.90 Å². The maximum atomic E-state index is 13.3.